The second kappa shape index (κ2) is 20.6. The van der Waals surface area contributed by atoms with E-state index in [0.29, 0.717) is 11.8 Å². The highest BCUT2D eigenvalue weighted by Crippen LogP contribution is 2.37. The van der Waals surface area contributed by atoms with Crippen LogP contribution in [-0.2, 0) is 6.42 Å². The average molecular weight is 480 g/mol. The third-order valence-corrected chi connectivity index (χ3v) is 7.77. The zero-order valence-corrected chi connectivity index (χ0v) is 23.2. The van der Waals surface area contributed by atoms with Gasteiger partial charge in [-0.1, -0.05) is 163 Å². The summed E-state index contributed by atoms with van der Waals surface area (Å²) in [5.74, 6) is 1.15. The van der Waals surface area contributed by atoms with E-state index in [1.807, 2.05) is 12.4 Å². The van der Waals surface area contributed by atoms with Crippen LogP contribution in [0.3, 0.4) is 0 Å². The normalized spacial score (nSPS) is 14.6. The van der Waals surface area contributed by atoms with Crippen molar-refractivity contribution in [1.82, 2.24) is 0 Å². The molecule has 0 saturated carbocycles. The van der Waals surface area contributed by atoms with Gasteiger partial charge in [-0.25, -0.2) is 0 Å². The number of unbranched alkanes of at least 4 members (excludes halogenated alkanes) is 15. The minimum Gasteiger partial charge on any atom is -0.0965 e. The molecular weight excluding hydrogens is 424 g/mol. The molecule has 2 atom stereocenters. The smallest absolute Gasteiger partial charge is 0.0965 e. The number of aliphatic imine (C=N–C) groups is 2. The van der Waals surface area contributed by atoms with Gasteiger partial charge in [0.25, 0.3) is 0 Å². The third-order valence-electron chi connectivity index (χ3n) is 7.77. The molecule has 35 heavy (non-hydrogen) atoms. The zero-order chi connectivity index (χ0) is 24.8. The fourth-order valence-corrected chi connectivity index (χ4v) is 5.60. The minimum absolute atomic E-state index is 0.499. The Hall–Kier alpha value is -1.57. The van der Waals surface area contributed by atoms with Crippen molar-refractivity contribution in [3.8, 4) is 0 Å². The molecule has 2 nitrogen and oxygen atoms in total. The Balaban J connectivity index is 1.79. The van der Waals surface area contributed by atoms with E-state index in [0.717, 1.165) is 12.6 Å². The summed E-state index contributed by atoms with van der Waals surface area (Å²) in [6.07, 6.45) is 32.2. The third kappa shape index (κ3) is 13.9. The van der Waals surface area contributed by atoms with E-state index in [-0.39, 0.29) is 0 Å². The SMILES string of the molecule is CCCCCCCCCCCCCC([C+]1N=CC=N1)C(CCCCCCCC)Cc1ccccc1. The van der Waals surface area contributed by atoms with Crippen LogP contribution >= 0.6 is 0 Å². The van der Waals surface area contributed by atoms with Gasteiger partial charge in [-0.2, -0.15) is 0 Å². The predicted octanol–water partition coefficient (Wildman–Crippen LogP) is 10.6. The van der Waals surface area contributed by atoms with Gasteiger partial charge in [0.05, 0.1) is 5.92 Å². The van der Waals surface area contributed by atoms with Gasteiger partial charge in [0.2, 0.25) is 6.17 Å². The van der Waals surface area contributed by atoms with Crippen LogP contribution in [-0.4, -0.2) is 12.4 Å². The van der Waals surface area contributed by atoms with Gasteiger partial charge in [-0.15, -0.1) is 0 Å². The Labute approximate surface area is 218 Å². The number of nitrogens with zero attached hydrogens (tertiary/aromatic N) is 2. The number of hydrogen-bond acceptors (Lipinski definition) is 2. The lowest BCUT2D eigenvalue weighted by Gasteiger charge is -2.26. The maximum absolute atomic E-state index is 4.71. The van der Waals surface area contributed by atoms with E-state index in [2.05, 4.69) is 44.2 Å². The Morgan fingerprint density at radius 1 is 0.571 bits per heavy atom. The van der Waals surface area contributed by atoms with Crippen LogP contribution in [0.2, 0.25) is 0 Å². The van der Waals surface area contributed by atoms with Crippen LogP contribution in [0.5, 0.6) is 0 Å². The van der Waals surface area contributed by atoms with Gasteiger partial charge < -0.3 is 0 Å². The fraction of sp³-hybridized carbons (Fsp3) is 0.727. The van der Waals surface area contributed by atoms with Crippen molar-refractivity contribution >= 4 is 12.4 Å². The van der Waals surface area contributed by atoms with Gasteiger partial charge in [-0.3, -0.25) is 0 Å². The van der Waals surface area contributed by atoms with Crippen LogP contribution in [0.25, 0.3) is 0 Å². The molecule has 0 aliphatic carbocycles. The lowest BCUT2D eigenvalue weighted by Crippen LogP contribution is -2.22. The lowest BCUT2D eigenvalue weighted by atomic mass is 9.78. The van der Waals surface area contributed by atoms with E-state index in [4.69, 9.17) is 9.98 Å². The van der Waals surface area contributed by atoms with E-state index >= 15 is 0 Å². The molecule has 1 aliphatic heterocycles. The first-order valence-electron chi connectivity index (χ1n) is 15.3. The highest BCUT2D eigenvalue weighted by atomic mass is 15.0. The summed E-state index contributed by atoms with van der Waals surface area (Å²) in [4.78, 5) is 9.41. The van der Waals surface area contributed by atoms with Gasteiger partial charge in [0, 0.05) is 0 Å². The highest BCUT2D eigenvalue weighted by Gasteiger charge is 2.35. The molecule has 2 heteroatoms. The standard InChI is InChI=1S/C33H55N2/c1-3-5-7-9-11-12-13-14-15-17-22-26-32(33-34-27-28-35-33)31(25-21-16-10-8-6-4-2)29-30-23-19-18-20-24-30/h18-20,23-24,27-28,31-32H,3-17,21-22,25-26,29H2,1-2H3/q+1. The largest absolute Gasteiger partial charge is 0.244 e. The summed E-state index contributed by atoms with van der Waals surface area (Å²) in [5.41, 5.74) is 1.47. The highest BCUT2D eigenvalue weighted by molar-refractivity contribution is 6.18. The quantitative estimate of drug-likeness (QED) is 0.110. The molecule has 1 aromatic rings. The summed E-state index contributed by atoms with van der Waals surface area (Å²) >= 11 is 0. The molecular formula is C33H55N2+. The molecule has 0 saturated heterocycles. The monoisotopic (exact) mass is 479 g/mol. The van der Waals surface area contributed by atoms with Crippen molar-refractivity contribution in [2.75, 3.05) is 0 Å². The predicted molar refractivity (Wildman–Crippen MR) is 156 cm³/mol. The summed E-state index contributed by atoms with van der Waals surface area (Å²) in [6, 6.07) is 11.1. The van der Waals surface area contributed by atoms with Gasteiger partial charge in [0.1, 0.15) is 0 Å². The van der Waals surface area contributed by atoms with Crippen molar-refractivity contribution in [3.63, 3.8) is 0 Å². The Morgan fingerprint density at radius 2 is 1.03 bits per heavy atom. The fourth-order valence-electron chi connectivity index (χ4n) is 5.60. The summed E-state index contributed by atoms with van der Waals surface area (Å²) in [6.45, 7) is 4.60. The van der Waals surface area contributed by atoms with Crippen molar-refractivity contribution in [2.45, 2.75) is 142 Å². The molecule has 0 fully saturated rings. The average Bonchev–Trinajstić information content (AvgIpc) is 3.42. The van der Waals surface area contributed by atoms with Crippen molar-refractivity contribution in [2.24, 2.45) is 21.8 Å². The Kier molecular flexibility index (Phi) is 17.5. The molecule has 0 radical (unpaired) electrons. The topological polar surface area (TPSA) is 24.7 Å². The summed E-state index contributed by atoms with van der Waals surface area (Å²) < 4.78 is 0. The van der Waals surface area contributed by atoms with E-state index in [1.54, 1.807) is 0 Å². The van der Waals surface area contributed by atoms with E-state index in [1.165, 1.54) is 128 Å². The Morgan fingerprint density at radius 3 is 1.54 bits per heavy atom. The zero-order valence-electron chi connectivity index (χ0n) is 23.2. The van der Waals surface area contributed by atoms with Crippen LogP contribution in [0.15, 0.2) is 40.3 Å². The summed E-state index contributed by atoms with van der Waals surface area (Å²) in [5, 5.41) is 0. The molecule has 0 bridgehead atoms. The minimum atomic E-state index is 0.499. The molecule has 2 rings (SSSR count). The molecule has 0 spiro atoms. The van der Waals surface area contributed by atoms with Crippen molar-refractivity contribution < 1.29 is 0 Å². The maximum atomic E-state index is 4.71. The molecule has 196 valence electrons. The number of benzene rings is 1. The molecule has 0 N–H and O–H groups in total. The van der Waals surface area contributed by atoms with E-state index < -0.39 is 0 Å². The first-order chi connectivity index (χ1) is 17.3. The molecule has 1 heterocycles. The number of rotatable bonds is 23. The second-order valence-electron chi connectivity index (χ2n) is 10.9. The Bertz CT molecular complexity index is 638. The van der Waals surface area contributed by atoms with Crippen LogP contribution in [0, 0.1) is 18.0 Å². The molecule has 2 unspecified atom stereocenters. The van der Waals surface area contributed by atoms with Crippen LogP contribution in [0.1, 0.15) is 141 Å². The van der Waals surface area contributed by atoms with Crippen molar-refractivity contribution in [1.29, 1.82) is 0 Å². The molecule has 1 aliphatic rings. The van der Waals surface area contributed by atoms with E-state index in [9.17, 15) is 0 Å². The first-order valence-corrected chi connectivity index (χ1v) is 15.3. The van der Waals surface area contributed by atoms with Gasteiger partial charge >= 0.3 is 0 Å². The van der Waals surface area contributed by atoms with Crippen LogP contribution in [0.4, 0.5) is 0 Å². The first kappa shape index (κ1) is 29.7. The van der Waals surface area contributed by atoms with Gasteiger partial charge in [0.15, 0.2) is 12.4 Å². The molecule has 0 amide bonds. The van der Waals surface area contributed by atoms with Crippen LogP contribution < -0.4 is 0 Å². The van der Waals surface area contributed by atoms with Crippen molar-refractivity contribution in [3.05, 3.63) is 42.1 Å². The molecule has 1 aromatic carbocycles. The lowest BCUT2D eigenvalue weighted by molar-refractivity contribution is 0.284. The summed E-state index contributed by atoms with van der Waals surface area (Å²) in [7, 11) is 0. The number of hydrogen-bond donors (Lipinski definition) is 0. The maximum Gasteiger partial charge on any atom is 0.244 e. The molecule has 0 aromatic heterocycles. The second-order valence-corrected chi connectivity index (χ2v) is 10.9. The van der Waals surface area contributed by atoms with Gasteiger partial charge in [-0.05, 0) is 30.7 Å².